The maximum atomic E-state index is 12.4. The Morgan fingerprint density at radius 3 is 2.77 bits per heavy atom. The molecule has 1 fully saturated rings. The highest BCUT2D eigenvalue weighted by atomic mass is 16.5. The predicted molar refractivity (Wildman–Crippen MR) is 114 cm³/mol. The summed E-state index contributed by atoms with van der Waals surface area (Å²) >= 11 is 0. The number of anilines is 1. The SMILES string of the molecule is COc1ccccc1NC(=O)NCc1cccc2c(O)n(C3CCC(=O)NC3=O)cc12. The standard InChI is InChI=1S/C22H22N4O5/c1-31-18-8-3-2-7-16(18)24-22(30)23-11-13-5-4-6-14-15(13)12-26(21(14)29)17-9-10-19(27)25-20(17)28/h2-8,12,17,29H,9-11H2,1H3,(H2,23,24,30)(H,25,27,28). The summed E-state index contributed by atoms with van der Waals surface area (Å²) in [7, 11) is 1.53. The molecule has 0 aliphatic carbocycles. The van der Waals surface area contributed by atoms with Gasteiger partial charge in [0.1, 0.15) is 11.8 Å². The van der Waals surface area contributed by atoms with Gasteiger partial charge < -0.3 is 25.0 Å². The fourth-order valence-corrected chi connectivity index (χ4v) is 3.73. The van der Waals surface area contributed by atoms with Gasteiger partial charge in [0, 0.05) is 29.9 Å². The van der Waals surface area contributed by atoms with Crippen LogP contribution in [0.3, 0.4) is 0 Å². The molecule has 2 aromatic carbocycles. The number of carbonyl (C=O) groups is 3. The Morgan fingerprint density at radius 2 is 2.00 bits per heavy atom. The molecule has 31 heavy (non-hydrogen) atoms. The van der Waals surface area contributed by atoms with Crippen molar-refractivity contribution < 1.29 is 24.2 Å². The van der Waals surface area contributed by atoms with Gasteiger partial charge in [0.05, 0.1) is 12.8 Å². The fraction of sp³-hybridized carbons (Fsp3) is 0.227. The molecule has 0 spiro atoms. The normalized spacial score (nSPS) is 16.1. The molecule has 1 atom stereocenters. The molecule has 2 heterocycles. The molecule has 160 valence electrons. The van der Waals surface area contributed by atoms with E-state index in [4.69, 9.17) is 4.74 Å². The highest BCUT2D eigenvalue weighted by Gasteiger charge is 2.30. The minimum absolute atomic E-state index is 0.0511. The minimum atomic E-state index is -0.667. The average Bonchev–Trinajstić information content (AvgIpc) is 3.09. The van der Waals surface area contributed by atoms with E-state index in [1.807, 2.05) is 12.1 Å². The van der Waals surface area contributed by atoms with Crippen LogP contribution in [0, 0.1) is 0 Å². The Hall–Kier alpha value is -4.01. The van der Waals surface area contributed by atoms with Gasteiger partial charge in [0.2, 0.25) is 11.8 Å². The van der Waals surface area contributed by atoms with Crippen molar-refractivity contribution in [1.29, 1.82) is 0 Å². The molecular formula is C22H22N4O5. The third-order valence-corrected chi connectivity index (χ3v) is 5.29. The third-order valence-electron chi connectivity index (χ3n) is 5.29. The number of carbonyl (C=O) groups excluding carboxylic acids is 3. The Labute approximate surface area is 178 Å². The molecule has 1 aromatic heterocycles. The summed E-state index contributed by atoms with van der Waals surface area (Å²) in [6.07, 6.45) is 2.20. The number of fused-ring (bicyclic) bond motifs is 1. The van der Waals surface area contributed by atoms with Crippen LogP contribution in [0.1, 0.15) is 24.4 Å². The lowest BCUT2D eigenvalue weighted by Crippen LogP contribution is -2.41. The van der Waals surface area contributed by atoms with Gasteiger partial charge >= 0.3 is 6.03 Å². The number of rotatable bonds is 5. The number of benzene rings is 2. The van der Waals surface area contributed by atoms with Crippen molar-refractivity contribution in [3.05, 3.63) is 54.2 Å². The number of methoxy groups -OCH3 is 1. The van der Waals surface area contributed by atoms with Crippen LogP contribution in [-0.4, -0.2) is 34.6 Å². The van der Waals surface area contributed by atoms with Gasteiger partial charge in [-0.25, -0.2) is 4.79 Å². The second-order valence-corrected chi connectivity index (χ2v) is 7.21. The second kappa shape index (κ2) is 8.39. The molecule has 0 radical (unpaired) electrons. The van der Waals surface area contributed by atoms with Gasteiger partial charge in [0.25, 0.3) is 0 Å². The van der Waals surface area contributed by atoms with Crippen molar-refractivity contribution in [2.45, 2.75) is 25.4 Å². The lowest BCUT2D eigenvalue weighted by molar-refractivity contribution is -0.135. The first-order valence-corrected chi connectivity index (χ1v) is 9.81. The molecule has 1 saturated heterocycles. The number of nitrogens with zero attached hydrogens (tertiary/aromatic N) is 1. The zero-order valence-electron chi connectivity index (χ0n) is 16.8. The van der Waals surface area contributed by atoms with Crippen molar-refractivity contribution in [2.24, 2.45) is 0 Å². The molecule has 9 heteroatoms. The van der Waals surface area contributed by atoms with Crippen LogP contribution in [0.2, 0.25) is 0 Å². The Bertz CT molecular complexity index is 1170. The molecule has 9 nitrogen and oxygen atoms in total. The van der Waals surface area contributed by atoms with Crippen molar-refractivity contribution in [2.75, 3.05) is 12.4 Å². The van der Waals surface area contributed by atoms with Crippen molar-refractivity contribution in [3.8, 4) is 11.6 Å². The minimum Gasteiger partial charge on any atom is -0.495 e. The first-order chi connectivity index (χ1) is 15.0. The lowest BCUT2D eigenvalue weighted by Gasteiger charge is -2.22. The van der Waals surface area contributed by atoms with E-state index >= 15 is 0 Å². The van der Waals surface area contributed by atoms with E-state index < -0.39 is 18.0 Å². The summed E-state index contributed by atoms with van der Waals surface area (Å²) in [5, 5.41) is 19.8. The summed E-state index contributed by atoms with van der Waals surface area (Å²) in [5.74, 6) is -0.262. The first-order valence-electron chi connectivity index (χ1n) is 9.81. The van der Waals surface area contributed by atoms with Crippen molar-refractivity contribution in [1.82, 2.24) is 15.2 Å². The van der Waals surface area contributed by atoms with Crippen LogP contribution in [0.5, 0.6) is 11.6 Å². The smallest absolute Gasteiger partial charge is 0.319 e. The number of para-hydroxylation sites is 2. The number of ether oxygens (including phenoxy) is 1. The van der Waals surface area contributed by atoms with E-state index in [2.05, 4.69) is 16.0 Å². The second-order valence-electron chi connectivity index (χ2n) is 7.21. The van der Waals surface area contributed by atoms with Crippen LogP contribution in [0.4, 0.5) is 10.5 Å². The summed E-state index contributed by atoms with van der Waals surface area (Å²) in [4.78, 5) is 36.0. The van der Waals surface area contributed by atoms with Crippen LogP contribution in [0.15, 0.2) is 48.7 Å². The van der Waals surface area contributed by atoms with Gasteiger partial charge in [-0.05, 0) is 30.2 Å². The van der Waals surface area contributed by atoms with E-state index in [0.29, 0.717) is 28.6 Å². The van der Waals surface area contributed by atoms with Crippen molar-refractivity contribution in [3.63, 3.8) is 0 Å². The molecule has 4 rings (SSSR count). The van der Waals surface area contributed by atoms with Gasteiger partial charge in [-0.3, -0.25) is 14.9 Å². The molecule has 4 amide bonds. The topological polar surface area (TPSA) is 122 Å². The largest absolute Gasteiger partial charge is 0.495 e. The first kappa shape index (κ1) is 20.3. The maximum Gasteiger partial charge on any atom is 0.319 e. The molecule has 1 unspecified atom stereocenters. The number of hydrogen-bond donors (Lipinski definition) is 4. The van der Waals surface area contributed by atoms with Gasteiger partial charge in [-0.15, -0.1) is 0 Å². The van der Waals surface area contributed by atoms with Crippen molar-refractivity contribution >= 4 is 34.3 Å². The molecular weight excluding hydrogens is 400 g/mol. The van der Waals surface area contributed by atoms with E-state index in [-0.39, 0.29) is 24.8 Å². The number of aromatic nitrogens is 1. The molecule has 1 aliphatic heterocycles. The predicted octanol–water partition coefficient (Wildman–Crippen LogP) is 2.65. The van der Waals surface area contributed by atoms with Gasteiger partial charge in [0.15, 0.2) is 5.88 Å². The summed E-state index contributed by atoms with van der Waals surface area (Å²) in [6.45, 7) is 0.205. The number of imide groups is 1. The molecule has 1 aliphatic rings. The Kier molecular flexibility index (Phi) is 5.48. The number of nitrogens with one attached hydrogen (secondary N) is 3. The highest BCUT2D eigenvalue weighted by Crippen LogP contribution is 2.34. The number of urea groups is 1. The number of aromatic hydroxyl groups is 1. The van der Waals surface area contributed by atoms with E-state index in [1.54, 1.807) is 36.5 Å². The Balaban J connectivity index is 1.53. The van der Waals surface area contributed by atoms with Crippen LogP contribution < -0.4 is 20.7 Å². The third kappa shape index (κ3) is 4.02. The number of piperidine rings is 1. The van der Waals surface area contributed by atoms with Gasteiger partial charge in [-0.2, -0.15) is 0 Å². The van der Waals surface area contributed by atoms with Gasteiger partial charge in [-0.1, -0.05) is 24.3 Å². The van der Waals surface area contributed by atoms with E-state index in [1.165, 1.54) is 11.7 Å². The summed E-state index contributed by atoms with van der Waals surface area (Å²) in [6, 6.07) is 11.3. The van der Waals surface area contributed by atoms with Crippen LogP contribution >= 0.6 is 0 Å². The fourth-order valence-electron chi connectivity index (χ4n) is 3.73. The number of hydrogen-bond acceptors (Lipinski definition) is 5. The summed E-state index contributed by atoms with van der Waals surface area (Å²) < 4.78 is 6.71. The number of amides is 4. The lowest BCUT2D eigenvalue weighted by atomic mass is 10.1. The van der Waals surface area contributed by atoms with E-state index in [9.17, 15) is 19.5 Å². The average molecular weight is 422 g/mol. The monoisotopic (exact) mass is 422 g/mol. The molecule has 4 N–H and O–H groups in total. The zero-order valence-corrected chi connectivity index (χ0v) is 16.8. The molecule has 3 aromatic rings. The zero-order chi connectivity index (χ0) is 22.0. The summed E-state index contributed by atoms with van der Waals surface area (Å²) in [5.41, 5.74) is 1.32. The maximum absolute atomic E-state index is 12.4. The molecule has 0 bridgehead atoms. The molecule has 0 saturated carbocycles. The van der Waals surface area contributed by atoms with Crippen LogP contribution in [0.25, 0.3) is 10.8 Å². The highest BCUT2D eigenvalue weighted by molar-refractivity contribution is 6.00. The Morgan fingerprint density at radius 1 is 1.19 bits per heavy atom. The van der Waals surface area contributed by atoms with E-state index in [0.717, 1.165) is 5.56 Å². The quantitative estimate of drug-likeness (QED) is 0.471. The van der Waals surface area contributed by atoms with Crippen LogP contribution in [-0.2, 0) is 16.1 Å².